The molecule has 88 valence electrons. The highest BCUT2D eigenvalue weighted by Crippen LogP contribution is 2.37. The van der Waals surface area contributed by atoms with Crippen molar-refractivity contribution in [1.82, 2.24) is 15.0 Å². The zero-order chi connectivity index (χ0) is 12.1. The second-order valence-corrected chi connectivity index (χ2v) is 4.87. The van der Waals surface area contributed by atoms with E-state index in [9.17, 15) is 0 Å². The van der Waals surface area contributed by atoms with E-state index in [1.54, 1.807) is 0 Å². The zero-order valence-corrected chi connectivity index (χ0v) is 10.3. The number of halogens is 1. The van der Waals surface area contributed by atoms with Gasteiger partial charge in [-0.05, 0) is 24.5 Å². The summed E-state index contributed by atoms with van der Waals surface area (Å²) in [6, 6.07) is 8.35. The van der Waals surface area contributed by atoms with Gasteiger partial charge >= 0.3 is 0 Å². The van der Waals surface area contributed by atoms with Crippen LogP contribution in [0.2, 0.25) is 5.15 Å². The Balaban J connectivity index is 2.09. The minimum Gasteiger partial charge on any atom is -0.353 e. The van der Waals surface area contributed by atoms with Gasteiger partial charge in [0.2, 0.25) is 0 Å². The van der Waals surface area contributed by atoms with E-state index in [2.05, 4.69) is 33.2 Å². The molecular formula is C14H10ClN3. The Morgan fingerprint density at radius 1 is 1.06 bits per heavy atom. The number of benzene rings is 1. The molecule has 1 N–H and O–H groups in total. The van der Waals surface area contributed by atoms with Crippen molar-refractivity contribution in [2.24, 2.45) is 0 Å². The van der Waals surface area contributed by atoms with Crippen LogP contribution >= 0.6 is 11.6 Å². The average molecular weight is 256 g/mol. The minimum atomic E-state index is 0.573. The van der Waals surface area contributed by atoms with Gasteiger partial charge in [-0.15, -0.1) is 0 Å². The topological polar surface area (TPSA) is 41.6 Å². The Bertz CT molecular complexity index is 761. The van der Waals surface area contributed by atoms with Gasteiger partial charge in [-0.25, -0.2) is 9.97 Å². The number of para-hydroxylation sites is 1. The Labute approximate surface area is 109 Å². The molecule has 3 nitrogen and oxygen atoms in total. The fourth-order valence-corrected chi connectivity index (χ4v) is 2.97. The summed E-state index contributed by atoms with van der Waals surface area (Å²) in [5.41, 5.74) is 5.60. The Kier molecular flexibility index (Phi) is 2.00. The zero-order valence-electron chi connectivity index (χ0n) is 9.57. The molecule has 0 atom stereocenters. The van der Waals surface area contributed by atoms with Crippen LogP contribution in [0.1, 0.15) is 11.1 Å². The normalized spacial score (nSPS) is 13.4. The molecule has 3 aromatic rings. The van der Waals surface area contributed by atoms with Gasteiger partial charge in [0, 0.05) is 16.5 Å². The van der Waals surface area contributed by atoms with Crippen LogP contribution in [0.3, 0.4) is 0 Å². The fourth-order valence-electron chi connectivity index (χ4n) is 2.74. The van der Waals surface area contributed by atoms with E-state index in [4.69, 9.17) is 11.6 Å². The highest BCUT2D eigenvalue weighted by atomic mass is 35.5. The average Bonchev–Trinajstić information content (AvgIpc) is 2.78. The van der Waals surface area contributed by atoms with E-state index >= 15 is 0 Å². The molecule has 0 amide bonds. The predicted molar refractivity (Wildman–Crippen MR) is 71.7 cm³/mol. The van der Waals surface area contributed by atoms with E-state index in [0.717, 1.165) is 35.3 Å². The van der Waals surface area contributed by atoms with Crippen molar-refractivity contribution >= 4 is 22.5 Å². The van der Waals surface area contributed by atoms with E-state index < -0.39 is 0 Å². The number of hydrogen-bond donors (Lipinski definition) is 1. The van der Waals surface area contributed by atoms with Crippen molar-refractivity contribution < 1.29 is 0 Å². The van der Waals surface area contributed by atoms with Gasteiger partial charge in [0.05, 0.1) is 11.4 Å². The van der Waals surface area contributed by atoms with Crippen molar-refractivity contribution in [3.63, 3.8) is 0 Å². The van der Waals surface area contributed by atoms with Crippen LogP contribution in [-0.2, 0) is 12.8 Å². The minimum absolute atomic E-state index is 0.573. The number of fused-ring (bicyclic) bond motifs is 5. The molecule has 2 aromatic heterocycles. The van der Waals surface area contributed by atoms with Crippen LogP contribution in [0.15, 0.2) is 30.6 Å². The van der Waals surface area contributed by atoms with Crippen LogP contribution in [0.4, 0.5) is 0 Å². The summed E-state index contributed by atoms with van der Waals surface area (Å²) in [4.78, 5) is 11.9. The van der Waals surface area contributed by atoms with Gasteiger partial charge in [-0.1, -0.05) is 29.8 Å². The Morgan fingerprint density at radius 3 is 2.83 bits per heavy atom. The molecule has 0 aliphatic heterocycles. The molecule has 1 aliphatic carbocycles. The number of nitrogens with zero attached hydrogens (tertiary/aromatic N) is 2. The largest absolute Gasteiger partial charge is 0.353 e. The summed E-state index contributed by atoms with van der Waals surface area (Å²) in [6.07, 6.45) is 3.42. The monoisotopic (exact) mass is 255 g/mol. The summed E-state index contributed by atoms with van der Waals surface area (Å²) in [5.74, 6) is 0. The third-order valence-corrected chi connectivity index (χ3v) is 3.89. The number of hydrogen-bond acceptors (Lipinski definition) is 2. The summed E-state index contributed by atoms with van der Waals surface area (Å²) < 4.78 is 0. The molecule has 1 aromatic carbocycles. The standard InChI is InChI=1S/C14H10ClN3/c15-14-10-6-5-9-8-3-1-2-4-11(8)18-13(9)12(10)16-7-17-14/h1-4,7,18H,5-6H2. The molecule has 4 rings (SSSR count). The van der Waals surface area contributed by atoms with Crippen molar-refractivity contribution in [3.8, 4) is 11.4 Å². The molecule has 0 radical (unpaired) electrons. The van der Waals surface area contributed by atoms with Crippen LogP contribution in [0.25, 0.3) is 22.3 Å². The summed E-state index contributed by atoms with van der Waals surface area (Å²) in [5, 5.41) is 1.86. The summed E-state index contributed by atoms with van der Waals surface area (Å²) in [6.45, 7) is 0. The lowest BCUT2D eigenvalue weighted by atomic mass is 9.93. The fraction of sp³-hybridized carbons (Fsp3) is 0.143. The number of H-pyrrole nitrogens is 1. The van der Waals surface area contributed by atoms with E-state index in [1.807, 2.05) is 6.07 Å². The van der Waals surface area contributed by atoms with Gasteiger partial charge < -0.3 is 4.98 Å². The lowest BCUT2D eigenvalue weighted by Gasteiger charge is -2.15. The molecule has 2 heterocycles. The second-order valence-electron chi connectivity index (χ2n) is 4.52. The van der Waals surface area contributed by atoms with Crippen LogP contribution in [-0.4, -0.2) is 15.0 Å². The van der Waals surface area contributed by atoms with Gasteiger partial charge in [-0.3, -0.25) is 0 Å². The molecule has 0 spiro atoms. The van der Waals surface area contributed by atoms with Gasteiger partial charge in [0.1, 0.15) is 11.5 Å². The second kappa shape index (κ2) is 3.56. The highest BCUT2D eigenvalue weighted by molar-refractivity contribution is 6.30. The summed E-state index contributed by atoms with van der Waals surface area (Å²) in [7, 11) is 0. The van der Waals surface area contributed by atoms with Crippen molar-refractivity contribution in [2.45, 2.75) is 12.8 Å². The Hall–Kier alpha value is -1.87. The smallest absolute Gasteiger partial charge is 0.136 e. The first-order valence-electron chi connectivity index (χ1n) is 5.94. The molecule has 0 bridgehead atoms. The summed E-state index contributed by atoms with van der Waals surface area (Å²) >= 11 is 6.14. The highest BCUT2D eigenvalue weighted by Gasteiger charge is 2.23. The molecular weight excluding hydrogens is 246 g/mol. The number of rotatable bonds is 0. The van der Waals surface area contributed by atoms with Crippen LogP contribution < -0.4 is 0 Å². The number of aryl methyl sites for hydroxylation is 1. The van der Waals surface area contributed by atoms with E-state index in [1.165, 1.54) is 17.3 Å². The third-order valence-electron chi connectivity index (χ3n) is 3.57. The predicted octanol–water partition coefficient (Wildman–Crippen LogP) is 3.38. The molecule has 1 aliphatic rings. The Morgan fingerprint density at radius 2 is 1.89 bits per heavy atom. The molecule has 0 saturated heterocycles. The van der Waals surface area contributed by atoms with Crippen LogP contribution in [0, 0.1) is 0 Å². The first-order chi connectivity index (χ1) is 8.84. The SMILES string of the molecule is Clc1ncnc2c1CCc1c-2[nH]c2ccccc12. The quantitative estimate of drug-likeness (QED) is 0.626. The maximum atomic E-state index is 6.14. The maximum Gasteiger partial charge on any atom is 0.136 e. The number of aromatic nitrogens is 3. The van der Waals surface area contributed by atoms with E-state index in [-0.39, 0.29) is 0 Å². The molecule has 0 saturated carbocycles. The molecule has 4 heteroatoms. The first kappa shape index (κ1) is 10.1. The van der Waals surface area contributed by atoms with Gasteiger partial charge in [0.25, 0.3) is 0 Å². The lowest BCUT2D eigenvalue weighted by molar-refractivity contribution is 0.914. The lowest BCUT2D eigenvalue weighted by Crippen LogP contribution is -2.06. The maximum absolute atomic E-state index is 6.14. The van der Waals surface area contributed by atoms with E-state index in [0.29, 0.717) is 5.15 Å². The van der Waals surface area contributed by atoms with Crippen molar-refractivity contribution in [2.75, 3.05) is 0 Å². The van der Waals surface area contributed by atoms with Gasteiger partial charge in [-0.2, -0.15) is 0 Å². The van der Waals surface area contributed by atoms with Gasteiger partial charge in [0.15, 0.2) is 0 Å². The van der Waals surface area contributed by atoms with Crippen molar-refractivity contribution in [3.05, 3.63) is 46.9 Å². The molecule has 0 fully saturated rings. The van der Waals surface area contributed by atoms with Crippen molar-refractivity contribution in [1.29, 1.82) is 0 Å². The number of aromatic amines is 1. The van der Waals surface area contributed by atoms with Crippen LogP contribution in [0.5, 0.6) is 0 Å². The third kappa shape index (κ3) is 1.25. The first-order valence-corrected chi connectivity index (χ1v) is 6.32. The molecule has 18 heavy (non-hydrogen) atoms. The molecule has 0 unspecified atom stereocenters. The number of nitrogens with one attached hydrogen (secondary N) is 1.